The number of carbonyl (C=O) groups excluding carboxylic acids is 3. The number of aromatic nitrogens is 1. The van der Waals surface area contributed by atoms with Crippen molar-refractivity contribution in [3.8, 4) is 11.5 Å². The maximum absolute atomic E-state index is 15.0. The molecule has 1 fully saturated rings. The van der Waals surface area contributed by atoms with Crippen LogP contribution in [-0.4, -0.2) is 22.5 Å². The van der Waals surface area contributed by atoms with Gasteiger partial charge in [0.05, 0.1) is 11.8 Å². The molecule has 2 heterocycles. The highest BCUT2D eigenvalue weighted by molar-refractivity contribution is 6.11. The molecule has 6 nitrogen and oxygen atoms in total. The Morgan fingerprint density at radius 3 is 2.37 bits per heavy atom. The number of halogens is 2. The summed E-state index contributed by atoms with van der Waals surface area (Å²) in [5, 5.41) is 2.62. The highest BCUT2D eigenvalue weighted by Crippen LogP contribution is 2.49. The first-order chi connectivity index (χ1) is 16.7. The molecule has 0 bridgehead atoms. The van der Waals surface area contributed by atoms with Crippen molar-refractivity contribution in [1.82, 2.24) is 4.98 Å². The minimum atomic E-state index is -1.05. The summed E-state index contributed by atoms with van der Waals surface area (Å²) in [5.74, 6) is -0.940. The largest absolute Gasteiger partial charge is 0.454 e. The Balaban J connectivity index is 1.31. The number of nitrogens with zero attached hydrogens (tertiary/aromatic N) is 1. The fourth-order valence-electron chi connectivity index (χ4n) is 4.48. The normalized spacial score (nSPS) is 15.3. The van der Waals surface area contributed by atoms with Gasteiger partial charge in [-0.3, -0.25) is 14.4 Å². The molecule has 0 atom stereocenters. The van der Waals surface area contributed by atoms with E-state index in [-0.39, 0.29) is 48.3 Å². The fraction of sp³-hybridized carbons (Fsp3) is 0.259. The average molecular weight is 476 g/mol. The van der Waals surface area contributed by atoms with E-state index >= 15 is 4.39 Å². The van der Waals surface area contributed by atoms with Crippen LogP contribution in [0.1, 0.15) is 35.1 Å². The van der Waals surface area contributed by atoms with Crippen LogP contribution in [0, 0.1) is 24.0 Å². The van der Waals surface area contributed by atoms with Gasteiger partial charge in [0.25, 0.3) is 0 Å². The summed E-state index contributed by atoms with van der Waals surface area (Å²) < 4.78 is 34.0. The quantitative estimate of drug-likeness (QED) is 0.478. The first-order valence-corrected chi connectivity index (χ1v) is 11.3. The number of benzene rings is 2. The number of rotatable bonds is 8. The zero-order valence-corrected chi connectivity index (χ0v) is 19.0. The summed E-state index contributed by atoms with van der Waals surface area (Å²) in [5.41, 5.74) is 1.10. The molecule has 0 saturated heterocycles. The van der Waals surface area contributed by atoms with Crippen molar-refractivity contribution in [2.24, 2.45) is 5.41 Å². The molecule has 2 aliphatic rings. The van der Waals surface area contributed by atoms with Gasteiger partial charge in [0.1, 0.15) is 17.4 Å². The topological polar surface area (TPSA) is 85.4 Å². The summed E-state index contributed by atoms with van der Waals surface area (Å²) in [4.78, 5) is 41.7. The number of pyridine rings is 1. The van der Waals surface area contributed by atoms with Crippen molar-refractivity contribution in [3.05, 3.63) is 82.5 Å². The molecule has 1 aromatic heterocycles. The Bertz CT molecular complexity index is 1340. The van der Waals surface area contributed by atoms with Gasteiger partial charge in [-0.15, -0.1) is 0 Å². The van der Waals surface area contributed by atoms with Crippen LogP contribution in [0.4, 0.5) is 14.6 Å². The molecular weight excluding hydrogens is 454 g/mol. The molecule has 35 heavy (non-hydrogen) atoms. The van der Waals surface area contributed by atoms with E-state index in [0.717, 1.165) is 0 Å². The molecule has 0 spiro atoms. The van der Waals surface area contributed by atoms with Crippen molar-refractivity contribution in [1.29, 1.82) is 0 Å². The van der Waals surface area contributed by atoms with Crippen molar-refractivity contribution in [3.63, 3.8) is 0 Å². The molecule has 2 aromatic carbocycles. The summed E-state index contributed by atoms with van der Waals surface area (Å²) >= 11 is 0. The number of nitrogens with one attached hydrogen (secondary N) is 1. The lowest BCUT2D eigenvalue weighted by molar-refractivity contribution is -0.134. The zero-order valence-electron chi connectivity index (χ0n) is 19.0. The number of amides is 1. The molecule has 178 valence electrons. The van der Waals surface area contributed by atoms with Gasteiger partial charge < -0.3 is 10.1 Å². The second kappa shape index (κ2) is 8.69. The van der Waals surface area contributed by atoms with Gasteiger partial charge in [-0.05, 0) is 60.7 Å². The molecule has 8 heteroatoms. The Hall–Kier alpha value is -3.94. The molecule has 1 aliphatic carbocycles. The Labute approximate surface area is 200 Å². The van der Waals surface area contributed by atoms with Crippen LogP contribution in [0.3, 0.4) is 0 Å². The molecule has 0 unspecified atom stereocenters. The lowest BCUT2D eigenvalue weighted by Crippen LogP contribution is -2.29. The number of hydrogen-bond donors (Lipinski definition) is 1. The Kier molecular flexibility index (Phi) is 5.67. The van der Waals surface area contributed by atoms with E-state index in [9.17, 15) is 18.8 Å². The zero-order chi connectivity index (χ0) is 24.7. The third kappa shape index (κ3) is 4.43. The van der Waals surface area contributed by atoms with Gasteiger partial charge in [0, 0.05) is 24.6 Å². The second-order valence-electron chi connectivity index (χ2n) is 9.10. The van der Waals surface area contributed by atoms with Crippen LogP contribution < -0.4 is 10.1 Å². The molecule has 0 radical (unpaired) electrons. The van der Waals surface area contributed by atoms with Crippen molar-refractivity contribution in [2.75, 3.05) is 5.32 Å². The molecule has 1 N–H and O–H groups in total. The summed E-state index contributed by atoms with van der Waals surface area (Å²) in [6.45, 7) is 1.67. The van der Waals surface area contributed by atoms with E-state index in [2.05, 4.69) is 10.3 Å². The lowest BCUT2D eigenvalue weighted by atomic mass is 9.87. The minimum Gasteiger partial charge on any atom is -0.454 e. The summed E-state index contributed by atoms with van der Waals surface area (Å²) in [7, 11) is 0. The van der Waals surface area contributed by atoms with Gasteiger partial charge >= 0.3 is 0 Å². The van der Waals surface area contributed by atoms with Gasteiger partial charge in [0.15, 0.2) is 23.1 Å². The second-order valence-corrected chi connectivity index (χ2v) is 9.10. The van der Waals surface area contributed by atoms with E-state index < -0.39 is 11.2 Å². The van der Waals surface area contributed by atoms with Gasteiger partial charge in [-0.2, -0.15) is 0 Å². The standard InChI is InChI=1S/C27H22F2N2O4/c1-15-10-17(11-20(29)25(15)35-21-6-9-30-26-19(21)14-24(34)31-26)13-23(33)27(7-8-27)22(32)12-16-2-4-18(28)5-3-16/h2-6,9-11H,7-8,12-14H2,1H3,(H,30,31,34). The fourth-order valence-corrected chi connectivity index (χ4v) is 4.48. The summed E-state index contributed by atoms with van der Waals surface area (Å²) in [6, 6.07) is 10.1. The van der Waals surface area contributed by atoms with Crippen LogP contribution in [0.2, 0.25) is 0 Å². The van der Waals surface area contributed by atoms with Crippen molar-refractivity contribution >= 4 is 23.3 Å². The Morgan fingerprint density at radius 1 is 1.03 bits per heavy atom. The van der Waals surface area contributed by atoms with E-state index in [1.54, 1.807) is 19.1 Å². The highest BCUT2D eigenvalue weighted by Gasteiger charge is 2.54. The van der Waals surface area contributed by atoms with Crippen LogP contribution in [-0.2, 0) is 33.6 Å². The van der Waals surface area contributed by atoms with Gasteiger partial charge in [-0.25, -0.2) is 13.8 Å². The highest BCUT2D eigenvalue weighted by atomic mass is 19.1. The van der Waals surface area contributed by atoms with Gasteiger partial charge in [-0.1, -0.05) is 18.2 Å². The molecular formula is C27H22F2N2O4. The van der Waals surface area contributed by atoms with Crippen LogP contribution in [0.15, 0.2) is 48.7 Å². The SMILES string of the molecule is Cc1cc(CC(=O)C2(C(=O)Cc3ccc(F)cc3)CC2)cc(F)c1Oc1ccnc2c1CC(=O)N2. The molecule has 3 aromatic rings. The van der Waals surface area contributed by atoms with E-state index in [1.807, 2.05) is 0 Å². The Morgan fingerprint density at radius 2 is 1.71 bits per heavy atom. The van der Waals surface area contributed by atoms with E-state index in [1.165, 1.54) is 36.5 Å². The van der Waals surface area contributed by atoms with E-state index in [0.29, 0.717) is 46.7 Å². The monoisotopic (exact) mass is 476 g/mol. The third-order valence-corrected chi connectivity index (χ3v) is 6.57. The van der Waals surface area contributed by atoms with Crippen LogP contribution >= 0.6 is 0 Å². The first kappa shape index (κ1) is 22.8. The lowest BCUT2D eigenvalue weighted by Gasteiger charge is -2.16. The maximum atomic E-state index is 15.0. The molecule has 1 aliphatic heterocycles. The number of ketones is 2. The third-order valence-electron chi connectivity index (χ3n) is 6.57. The predicted octanol–water partition coefficient (Wildman–Crippen LogP) is 4.66. The number of hydrogen-bond acceptors (Lipinski definition) is 5. The molecule has 1 amide bonds. The number of ether oxygens (including phenoxy) is 1. The maximum Gasteiger partial charge on any atom is 0.230 e. The summed E-state index contributed by atoms with van der Waals surface area (Å²) in [6.07, 6.45) is 2.48. The number of anilines is 1. The molecule has 1 saturated carbocycles. The van der Waals surface area contributed by atoms with Crippen molar-refractivity contribution in [2.45, 2.75) is 39.0 Å². The molecule has 5 rings (SSSR count). The number of Topliss-reactive ketones (excluding diaryl/α,β-unsaturated/α-hetero) is 2. The smallest absolute Gasteiger partial charge is 0.230 e. The number of aryl methyl sites for hydroxylation is 1. The number of fused-ring (bicyclic) bond motifs is 1. The average Bonchev–Trinajstić information content (AvgIpc) is 3.54. The van der Waals surface area contributed by atoms with Gasteiger partial charge in [0.2, 0.25) is 5.91 Å². The number of carbonyl (C=O) groups is 3. The van der Waals surface area contributed by atoms with Crippen molar-refractivity contribution < 1.29 is 27.9 Å². The predicted molar refractivity (Wildman–Crippen MR) is 123 cm³/mol. The van der Waals surface area contributed by atoms with E-state index in [4.69, 9.17) is 4.74 Å². The minimum absolute atomic E-state index is 0.00229. The van der Waals surface area contributed by atoms with Crippen LogP contribution in [0.25, 0.3) is 0 Å². The first-order valence-electron chi connectivity index (χ1n) is 11.3. The van der Waals surface area contributed by atoms with Crippen LogP contribution in [0.5, 0.6) is 11.5 Å².